The molecule has 0 saturated heterocycles. The Bertz CT molecular complexity index is 3430. The van der Waals surface area contributed by atoms with Crippen LogP contribution >= 0.6 is 0 Å². The Kier molecular flexibility index (Phi) is 15.2. The summed E-state index contributed by atoms with van der Waals surface area (Å²) < 4.78 is 66.1. The molecular weight excluding hydrogens is 1020 g/mol. The smallest absolute Gasteiger partial charge is 0.163 e. The highest BCUT2D eigenvalue weighted by atomic mass is 32.2. The van der Waals surface area contributed by atoms with Gasteiger partial charge in [-0.1, -0.05) is 0 Å². The maximum atomic E-state index is 13.8. The number of pyridine rings is 2. The molecule has 5 N–H and O–H groups in total. The van der Waals surface area contributed by atoms with Crippen molar-refractivity contribution in [2.75, 3.05) is 27.4 Å². The number of carbonyl (C=O) groups excluding carboxylic acids is 2. The van der Waals surface area contributed by atoms with Crippen LogP contribution in [0.25, 0.3) is 22.5 Å². The fourth-order valence-corrected chi connectivity index (χ4v) is 10.6. The van der Waals surface area contributed by atoms with Crippen LogP contribution in [0.15, 0.2) is 94.9 Å². The molecule has 4 aromatic carbocycles. The number of nitrogens with one attached hydrogen (secondary N) is 1. The van der Waals surface area contributed by atoms with Crippen LogP contribution in [0.5, 0.6) is 23.0 Å². The number of ether oxygens (including phenoxy) is 4. The van der Waals surface area contributed by atoms with E-state index in [-0.39, 0.29) is 62.1 Å². The van der Waals surface area contributed by atoms with Crippen LogP contribution in [-0.2, 0) is 46.1 Å². The van der Waals surface area contributed by atoms with Crippen LogP contribution < -0.4 is 29.4 Å². The number of carbonyl (C=O) groups is 2. The molecule has 78 heavy (non-hydrogen) atoms. The summed E-state index contributed by atoms with van der Waals surface area (Å²) in [5.41, 5.74) is 10.4. The number of aliphatic hydroxyl groups is 2. The molecule has 6 aromatic rings. The minimum absolute atomic E-state index is 0.0450. The number of halogens is 2. The van der Waals surface area contributed by atoms with Crippen LogP contribution in [0.1, 0.15) is 129 Å². The lowest BCUT2D eigenvalue weighted by Gasteiger charge is -2.30. The van der Waals surface area contributed by atoms with E-state index in [9.17, 15) is 32.8 Å². The zero-order valence-corrected chi connectivity index (χ0v) is 46.0. The van der Waals surface area contributed by atoms with E-state index < -0.39 is 38.0 Å². The van der Waals surface area contributed by atoms with Crippen molar-refractivity contribution < 1.29 is 51.7 Å². The van der Waals surface area contributed by atoms with E-state index in [1.807, 2.05) is 34.6 Å². The van der Waals surface area contributed by atoms with Crippen molar-refractivity contribution in [3.63, 3.8) is 0 Å². The number of hydrogen-bond acceptors (Lipinski definition) is 14. The van der Waals surface area contributed by atoms with Crippen molar-refractivity contribution in [1.82, 2.24) is 14.7 Å². The van der Waals surface area contributed by atoms with E-state index >= 15 is 0 Å². The summed E-state index contributed by atoms with van der Waals surface area (Å²) in [7, 11) is 1.72. The largest absolute Gasteiger partial charge is 0.496 e. The van der Waals surface area contributed by atoms with Gasteiger partial charge in [0.2, 0.25) is 0 Å². The van der Waals surface area contributed by atoms with E-state index in [4.69, 9.17) is 34.6 Å². The maximum absolute atomic E-state index is 13.8. The average molecular weight is 1080 g/mol. The number of Topliss-reactive ketones (excluding diaryl/α,β-unsaturated/α-hetero) is 2. The summed E-state index contributed by atoms with van der Waals surface area (Å²) in [5, 5.41) is 23.2. The minimum Gasteiger partial charge on any atom is -0.496 e. The summed E-state index contributed by atoms with van der Waals surface area (Å²) in [6, 6.07) is 22.2. The van der Waals surface area contributed by atoms with Gasteiger partial charge >= 0.3 is 0 Å². The first-order valence-corrected chi connectivity index (χ1v) is 26.8. The number of hydrogen-bond donors (Lipinski definition) is 4. The lowest BCUT2D eigenvalue weighted by atomic mass is 9.87. The fraction of sp³-hybridized carbons (Fsp3) is 0.367. The van der Waals surface area contributed by atoms with E-state index in [0.717, 1.165) is 16.8 Å². The molecule has 5 atom stereocenters. The van der Waals surface area contributed by atoms with E-state index in [0.29, 0.717) is 97.7 Å². The molecule has 1 unspecified atom stereocenters. The average Bonchev–Trinajstić information content (AvgIpc) is 4.36. The highest BCUT2D eigenvalue weighted by Crippen LogP contribution is 2.47. The Hall–Kier alpha value is -7.09. The first-order chi connectivity index (χ1) is 36.8. The van der Waals surface area contributed by atoms with Gasteiger partial charge in [-0.05, 0) is 146 Å². The van der Waals surface area contributed by atoms with Gasteiger partial charge < -0.3 is 34.9 Å². The predicted octanol–water partition coefficient (Wildman–Crippen LogP) is 10.3. The number of methoxy groups -OCH3 is 2. The lowest BCUT2D eigenvalue weighted by molar-refractivity contribution is 0.0395. The van der Waals surface area contributed by atoms with Crippen LogP contribution in [0, 0.1) is 11.6 Å². The number of fused-ring (bicyclic) bond motifs is 4. The molecule has 18 heteroatoms. The minimum atomic E-state index is -1.51. The second-order valence-corrected chi connectivity index (χ2v) is 24.0. The Morgan fingerprint density at radius 2 is 1.10 bits per heavy atom. The number of aliphatic imine (C=N–C) groups is 2. The van der Waals surface area contributed by atoms with E-state index in [2.05, 4.69) is 14.7 Å². The van der Waals surface area contributed by atoms with Crippen molar-refractivity contribution in [1.29, 1.82) is 0 Å². The molecular formula is C60H64F2N6O9S. The number of benzene rings is 4. The van der Waals surface area contributed by atoms with E-state index in [1.165, 1.54) is 24.3 Å². The Morgan fingerprint density at radius 3 is 1.54 bits per heavy atom. The summed E-state index contributed by atoms with van der Waals surface area (Å²) in [6.45, 7) is 13.1. The molecule has 0 spiro atoms. The predicted molar refractivity (Wildman–Crippen MR) is 296 cm³/mol. The van der Waals surface area contributed by atoms with Crippen molar-refractivity contribution in [2.24, 2.45) is 15.7 Å². The first-order valence-electron chi connectivity index (χ1n) is 25.7. The maximum Gasteiger partial charge on any atom is 0.163 e. The topological polar surface area (TPSA) is 217 Å². The van der Waals surface area contributed by atoms with Gasteiger partial charge in [-0.25, -0.2) is 27.7 Å². The molecule has 408 valence electrons. The molecule has 0 fully saturated rings. The van der Waals surface area contributed by atoms with Crippen LogP contribution in [-0.4, -0.2) is 80.6 Å². The molecule has 0 bridgehead atoms. The van der Waals surface area contributed by atoms with Crippen LogP contribution in [0.4, 0.5) is 20.2 Å². The van der Waals surface area contributed by atoms with Gasteiger partial charge in [0.05, 0.1) is 63.8 Å². The summed E-state index contributed by atoms with van der Waals surface area (Å²) in [4.78, 5) is 44.5. The van der Waals surface area contributed by atoms with Crippen molar-refractivity contribution in [3.05, 3.63) is 141 Å². The number of ketones is 2. The number of aromatic nitrogens is 2. The van der Waals surface area contributed by atoms with Gasteiger partial charge in [0.15, 0.2) is 23.1 Å². The number of rotatable bonds is 16. The van der Waals surface area contributed by atoms with Gasteiger partial charge in [0.1, 0.15) is 58.9 Å². The number of nitrogens with zero attached hydrogens (tertiary/aromatic N) is 4. The zero-order chi connectivity index (χ0) is 56.1. The first kappa shape index (κ1) is 55.7. The van der Waals surface area contributed by atoms with Crippen molar-refractivity contribution >= 4 is 46.4 Å². The lowest BCUT2D eigenvalue weighted by Crippen LogP contribution is -2.47. The molecule has 2 aromatic heterocycles. The van der Waals surface area contributed by atoms with Crippen molar-refractivity contribution in [2.45, 2.75) is 114 Å². The molecule has 0 aliphatic carbocycles. The fourth-order valence-electron chi connectivity index (χ4n) is 9.71. The van der Waals surface area contributed by atoms with Gasteiger partial charge in [0.25, 0.3) is 0 Å². The zero-order valence-electron chi connectivity index (χ0n) is 45.2. The molecule has 0 amide bonds. The van der Waals surface area contributed by atoms with Gasteiger partial charge in [-0.3, -0.25) is 19.6 Å². The Morgan fingerprint density at radius 1 is 0.679 bits per heavy atom. The standard InChI is InChI=1S/C32H36FN3O5S.C28H28FN3O4/c1-30(2,3)42(39)36-31(4)18-41-29-23(31)17-27(35-28(29)19-7-9-21(33)10-8-19)32(5,38)13-11-25(37)20-15-24-22(12-14-34-24)26(16-20)40-6;1-27(30)15-36-26-20(27)14-24(32-25(26)16-4-6-18(29)7-5-16)28(2,34)10-8-22(33)17-12-21-19(9-11-31-21)23(13-17)35-3/h7-10,14-17,36,38H,11-13,18H2,1-6H3;4-7,11-14,34H,8-10,15,30H2,1-3H3/t31-,32-,42?;27-,28-/m11/s1. The highest BCUT2D eigenvalue weighted by Gasteiger charge is 2.44. The quantitative estimate of drug-likeness (QED) is 0.0666. The van der Waals surface area contributed by atoms with Crippen LogP contribution in [0.3, 0.4) is 0 Å². The summed E-state index contributed by atoms with van der Waals surface area (Å²) >= 11 is 0. The molecule has 0 radical (unpaired) electrons. The third-order valence-corrected chi connectivity index (χ3v) is 16.3. The second-order valence-electron chi connectivity index (χ2n) is 22.1. The Balaban J connectivity index is 0.000000192. The van der Waals surface area contributed by atoms with Gasteiger partial charge in [-0.15, -0.1) is 0 Å². The third-order valence-electron chi connectivity index (χ3n) is 14.6. The molecule has 6 heterocycles. The molecule has 10 rings (SSSR count). The Labute approximate surface area is 455 Å². The molecule has 4 aliphatic rings. The van der Waals surface area contributed by atoms with E-state index in [1.54, 1.807) is 101 Å². The highest BCUT2D eigenvalue weighted by molar-refractivity contribution is 7.84. The SMILES string of the molecule is COc1cc(C(=O)CC[C@@](C)(O)c2cc3c(c(-c4ccc(F)cc4)n2)OC[C@@]3(C)N)cc2c1CC=N2.COc1cc(C(=O)CC[C@@](C)(O)c2cc3c(c(-c4ccc(F)cc4)n2)OC[C@@]3(C)NS(=O)C(C)(C)C)cc2c1CC=N2. The molecule has 4 aliphatic heterocycles. The molecule has 0 saturated carbocycles. The summed E-state index contributed by atoms with van der Waals surface area (Å²) in [5.74, 6) is 1.20. The van der Waals surface area contributed by atoms with Gasteiger partial charge in [-0.2, -0.15) is 0 Å². The van der Waals surface area contributed by atoms with Gasteiger partial charge in [0, 0.05) is 82.6 Å². The van der Waals surface area contributed by atoms with Crippen LogP contribution in [0.2, 0.25) is 0 Å². The monoisotopic (exact) mass is 1080 g/mol. The normalized spacial score (nSPS) is 19.5. The summed E-state index contributed by atoms with van der Waals surface area (Å²) in [6.07, 6.45) is 5.25. The molecule has 15 nitrogen and oxygen atoms in total. The third kappa shape index (κ3) is 11.3. The number of nitrogens with two attached hydrogens (primary N) is 1. The van der Waals surface area contributed by atoms with Crippen molar-refractivity contribution in [3.8, 4) is 45.5 Å². The second kappa shape index (κ2) is 21.3.